The van der Waals surface area contributed by atoms with Crippen molar-refractivity contribution in [3.05, 3.63) is 28.9 Å². The topological polar surface area (TPSA) is 61.9 Å². The summed E-state index contributed by atoms with van der Waals surface area (Å²) >= 11 is 0. The highest BCUT2D eigenvalue weighted by atomic mass is 16.1. The molecule has 0 atom stereocenters. The van der Waals surface area contributed by atoms with Crippen LogP contribution in [-0.4, -0.2) is 29.0 Å². The molecular weight excluding hydrogens is 180 g/mol. The van der Waals surface area contributed by atoms with E-state index in [1.165, 1.54) is 6.33 Å². The van der Waals surface area contributed by atoms with Gasteiger partial charge in [0.1, 0.15) is 5.82 Å². The number of fused-ring (bicyclic) bond motifs is 1. The van der Waals surface area contributed by atoms with E-state index in [4.69, 9.17) is 0 Å². The van der Waals surface area contributed by atoms with Gasteiger partial charge in [-0.05, 0) is 6.07 Å². The van der Waals surface area contributed by atoms with Crippen molar-refractivity contribution < 1.29 is 0 Å². The lowest BCUT2D eigenvalue weighted by atomic mass is 10.3. The first-order chi connectivity index (χ1) is 6.68. The Morgan fingerprint density at radius 3 is 2.86 bits per heavy atom. The standard InChI is InChI=1S/C9H10N4O/c1-13(2)8-3-6-7(4-10-8)11-5-12-9(6)14/h3-5H,1-2H3,(H,11,12,14). The summed E-state index contributed by atoms with van der Waals surface area (Å²) in [5, 5.41) is 0.561. The summed E-state index contributed by atoms with van der Waals surface area (Å²) < 4.78 is 0. The zero-order valence-electron chi connectivity index (χ0n) is 7.98. The molecule has 2 aromatic rings. The maximum Gasteiger partial charge on any atom is 0.258 e. The smallest absolute Gasteiger partial charge is 0.258 e. The van der Waals surface area contributed by atoms with Crippen molar-refractivity contribution in [3.63, 3.8) is 0 Å². The van der Waals surface area contributed by atoms with Gasteiger partial charge in [0.25, 0.3) is 5.56 Å². The highest BCUT2D eigenvalue weighted by Crippen LogP contribution is 2.11. The van der Waals surface area contributed by atoms with E-state index in [0.717, 1.165) is 5.82 Å². The molecule has 5 heteroatoms. The first kappa shape index (κ1) is 8.68. The van der Waals surface area contributed by atoms with Gasteiger partial charge in [-0.1, -0.05) is 0 Å². The van der Waals surface area contributed by atoms with Crippen molar-refractivity contribution in [1.29, 1.82) is 0 Å². The average molecular weight is 190 g/mol. The third kappa shape index (κ3) is 1.32. The summed E-state index contributed by atoms with van der Waals surface area (Å²) in [6, 6.07) is 1.72. The molecule has 0 bridgehead atoms. The Labute approximate surface area is 80.4 Å². The zero-order chi connectivity index (χ0) is 10.1. The van der Waals surface area contributed by atoms with Crippen LogP contribution in [0, 0.1) is 0 Å². The van der Waals surface area contributed by atoms with E-state index in [9.17, 15) is 4.79 Å². The summed E-state index contributed by atoms with van der Waals surface area (Å²) in [6.07, 6.45) is 2.97. The molecule has 1 N–H and O–H groups in total. The van der Waals surface area contributed by atoms with Crippen molar-refractivity contribution in [2.45, 2.75) is 0 Å². The van der Waals surface area contributed by atoms with Crippen molar-refractivity contribution in [1.82, 2.24) is 15.0 Å². The Balaban J connectivity index is 2.76. The second kappa shape index (κ2) is 3.10. The molecule has 0 radical (unpaired) electrons. The lowest BCUT2D eigenvalue weighted by molar-refractivity contribution is 1.07. The number of aromatic amines is 1. The van der Waals surface area contributed by atoms with Crippen LogP contribution in [0.15, 0.2) is 23.4 Å². The van der Waals surface area contributed by atoms with Crippen LogP contribution in [0.1, 0.15) is 0 Å². The van der Waals surface area contributed by atoms with E-state index < -0.39 is 0 Å². The molecule has 0 unspecified atom stereocenters. The third-order valence-electron chi connectivity index (χ3n) is 1.97. The van der Waals surface area contributed by atoms with Gasteiger partial charge in [-0.2, -0.15) is 0 Å². The first-order valence-electron chi connectivity index (χ1n) is 4.19. The van der Waals surface area contributed by atoms with Crippen LogP contribution < -0.4 is 10.5 Å². The highest BCUT2D eigenvalue weighted by molar-refractivity contribution is 5.79. The molecule has 0 amide bonds. The van der Waals surface area contributed by atoms with E-state index in [0.29, 0.717) is 10.9 Å². The molecule has 2 heterocycles. The van der Waals surface area contributed by atoms with Gasteiger partial charge in [0.05, 0.1) is 23.4 Å². The fourth-order valence-corrected chi connectivity index (χ4v) is 1.20. The molecule has 0 aliphatic heterocycles. The number of nitrogens with zero attached hydrogens (tertiary/aromatic N) is 3. The van der Waals surface area contributed by atoms with Crippen LogP contribution in [0.5, 0.6) is 0 Å². The minimum absolute atomic E-state index is 0.138. The van der Waals surface area contributed by atoms with Gasteiger partial charge in [-0.15, -0.1) is 0 Å². The minimum atomic E-state index is -0.138. The van der Waals surface area contributed by atoms with Gasteiger partial charge in [-0.25, -0.2) is 9.97 Å². The van der Waals surface area contributed by atoms with Crippen LogP contribution in [0.3, 0.4) is 0 Å². The zero-order valence-corrected chi connectivity index (χ0v) is 7.98. The van der Waals surface area contributed by atoms with Crippen LogP contribution in [0.2, 0.25) is 0 Å². The second-order valence-electron chi connectivity index (χ2n) is 3.19. The van der Waals surface area contributed by atoms with Crippen LogP contribution in [-0.2, 0) is 0 Å². The molecule has 72 valence electrons. The molecule has 0 aliphatic rings. The number of anilines is 1. The van der Waals surface area contributed by atoms with Gasteiger partial charge < -0.3 is 9.88 Å². The predicted molar refractivity (Wildman–Crippen MR) is 54.5 cm³/mol. The maximum absolute atomic E-state index is 11.4. The molecule has 14 heavy (non-hydrogen) atoms. The molecule has 0 aliphatic carbocycles. The average Bonchev–Trinajstić information content (AvgIpc) is 2.18. The monoisotopic (exact) mass is 190 g/mol. The molecule has 0 aromatic carbocycles. The molecular formula is C9H10N4O. The lowest BCUT2D eigenvalue weighted by Gasteiger charge is -2.10. The van der Waals surface area contributed by atoms with E-state index in [1.54, 1.807) is 12.3 Å². The van der Waals surface area contributed by atoms with Crippen molar-refractivity contribution >= 4 is 16.7 Å². The number of nitrogens with one attached hydrogen (secondary N) is 1. The number of H-pyrrole nitrogens is 1. The van der Waals surface area contributed by atoms with Crippen LogP contribution in [0.4, 0.5) is 5.82 Å². The van der Waals surface area contributed by atoms with Gasteiger partial charge >= 0.3 is 0 Å². The van der Waals surface area contributed by atoms with Gasteiger partial charge in [-0.3, -0.25) is 4.79 Å². The van der Waals surface area contributed by atoms with Crippen LogP contribution in [0.25, 0.3) is 10.9 Å². The van der Waals surface area contributed by atoms with E-state index in [2.05, 4.69) is 15.0 Å². The summed E-state index contributed by atoms with van der Waals surface area (Å²) in [4.78, 5) is 23.9. The first-order valence-corrected chi connectivity index (χ1v) is 4.19. The van der Waals surface area contributed by atoms with Gasteiger partial charge in [0.15, 0.2) is 0 Å². The SMILES string of the molecule is CN(C)c1cc2c(=O)[nH]cnc2cn1. The van der Waals surface area contributed by atoms with Crippen LogP contribution >= 0.6 is 0 Å². The Morgan fingerprint density at radius 1 is 1.36 bits per heavy atom. The summed E-state index contributed by atoms with van der Waals surface area (Å²) in [5.41, 5.74) is 0.472. The lowest BCUT2D eigenvalue weighted by Crippen LogP contribution is -2.12. The number of rotatable bonds is 1. The molecule has 0 fully saturated rings. The number of hydrogen-bond donors (Lipinski definition) is 1. The van der Waals surface area contributed by atoms with E-state index in [1.807, 2.05) is 19.0 Å². The number of hydrogen-bond acceptors (Lipinski definition) is 4. The van der Waals surface area contributed by atoms with E-state index in [-0.39, 0.29) is 5.56 Å². The van der Waals surface area contributed by atoms with E-state index >= 15 is 0 Å². The second-order valence-corrected chi connectivity index (χ2v) is 3.19. The van der Waals surface area contributed by atoms with Crippen molar-refractivity contribution in [2.24, 2.45) is 0 Å². The minimum Gasteiger partial charge on any atom is -0.363 e. The fraction of sp³-hybridized carbons (Fsp3) is 0.222. The van der Waals surface area contributed by atoms with Crippen molar-refractivity contribution in [2.75, 3.05) is 19.0 Å². The number of aromatic nitrogens is 3. The molecule has 0 saturated heterocycles. The Bertz CT molecular complexity index is 517. The van der Waals surface area contributed by atoms with Gasteiger partial charge in [0.2, 0.25) is 0 Å². The molecule has 0 saturated carbocycles. The van der Waals surface area contributed by atoms with Crippen molar-refractivity contribution in [3.8, 4) is 0 Å². The summed E-state index contributed by atoms with van der Waals surface area (Å²) in [7, 11) is 3.75. The maximum atomic E-state index is 11.4. The summed E-state index contributed by atoms with van der Waals surface area (Å²) in [5.74, 6) is 0.746. The quantitative estimate of drug-likeness (QED) is 0.706. The van der Waals surface area contributed by atoms with Gasteiger partial charge in [0, 0.05) is 14.1 Å². The molecule has 5 nitrogen and oxygen atoms in total. The molecule has 0 spiro atoms. The molecule has 2 aromatic heterocycles. The Hall–Kier alpha value is -1.91. The third-order valence-corrected chi connectivity index (χ3v) is 1.97. The number of pyridine rings is 1. The fourth-order valence-electron chi connectivity index (χ4n) is 1.20. The Morgan fingerprint density at radius 2 is 2.14 bits per heavy atom. The predicted octanol–water partition coefficient (Wildman–Crippen LogP) is 0.384. The Kier molecular flexibility index (Phi) is 1.92. The normalized spacial score (nSPS) is 10.4. The molecule has 2 rings (SSSR count). The summed E-state index contributed by atoms with van der Waals surface area (Å²) in [6.45, 7) is 0. The highest BCUT2D eigenvalue weighted by Gasteiger charge is 2.02. The largest absolute Gasteiger partial charge is 0.363 e.